The molecule has 2 rings (SSSR count). The number of amides is 2. The van der Waals surface area contributed by atoms with Crippen LogP contribution in [0.3, 0.4) is 0 Å². The Morgan fingerprint density at radius 3 is 2.50 bits per heavy atom. The second kappa shape index (κ2) is 9.05. The zero-order valence-electron chi connectivity index (χ0n) is 12.6. The van der Waals surface area contributed by atoms with Gasteiger partial charge in [0.1, 0.15) is 0 Å². The topological polar surface area (TPSA) is 70.6 Å². The van der Waals surface area contributed by atoms with E-state index in [1.54, 1.807) is 48.5 Å². The van der Waals surface area contributed by atoms with Crippen molar-refractivity contribution in [1.82, 2.24) is 5.43 Å². The monoisotopic (exact) mass is 363 g/mol. The van der Waals surface area contributed by atoms with Crippen molar-refractivity contribution in [1.29, 1.82) is 0 Å². The zero-order chi connectivity index (χ0) is 17.4. The Labute approximate surface area is 149 Å². The molecule has 0 aliphatic carbocycles. The predicted octanol–water partition coefficient (Wildman–Crippen LogP) is 3.86. The van der Waals surface area contributed by atoms with Gasteiger partial charge in [0.25, 0.3) is 0 Å². The lowest BCUT2D eigenvalue weighted by molar-refractivity contribution is -0.124. The summed E-state index contributed by atoms with van der Waals surface area (Å²) < 4.78 is 0. The summed E-state index contributed by atoms with van der Waals surface area (Å²) in [6, 6.07) is 13.9. The molecule has 24 heavy (non-hydrogen) atoms. The molecule has 0 unspecified atom stereocenters. The first-order valence-electron chi connectivity index (χ1n) is 7.16. The third-order valence-corrected chi connectivity index (χ3v) is 3.54. The van der Waals surface area contributed by atoms with Crippen LogP contribution in [0.15, 0.2) is 53.6 Å². The molecule has 7 heteroatoms. The summed E-state index contributed by atoms with van der Waals surface area (Å²) in [5.41, 5.74) is 3.64. The van der Waals surface area contributed by atoms with E-state index in [2.05, 4.69) is 15.8 Å². The Hall–Kier alpha value is -2.37. The zero-order valence-corrected chi connectivity index (χ0v) is 14.1. The number of para-hydroxylation sites is 1. The van der Waals surface area contributed by atoms with Crippen molar-refractivity contribution in [3.63, 3.8) is 0 Å². The van der Waals surface area contributed by atoms with E-state index in [9.17, 15) is 9.59 Å². The van der Waals surface area contributed by atoms with Crippen molar-refractivity contribution in [2.24, 2.45) is 5.10 Å². The van der Waals surface area contributed by atoms with Gasteiger partial charge in [0.15, 0.2) is 0 Å². The van der Waals surface area contributed by atoms with Crippen molar-refractivity contribution in [2.45, 2.75) is 12.8 Å². The molecule has 0 aliphatic heterocycles. The predicted molar refractivity (Wildman–Crippen MR) is 96.5 cm³/mol. The quantitative estimate of drug-likeness (QED) is 0.604. The van der Waals surface area contributed by atoms with Crippen molar-refractivity contribution in [2.75, 3.05) is 5.32 Å². The standard InChI is InChI=1S/C17H15Cl2N3O2/c18-13-5-3-4-12(10-13)11-20-22-17(24)9-8-16(23)21-15-7-2-1-6-14(15)19/h1-7,10-11H,8-9H2,(H,21,23)(H,22,24). The van der Waals surface area contributed by atoms with Crippen LogP contribution in [0.5, 0.6) is 0 Å². The molecule has 0 fully saturated rings. The summed E-state index contributed by atoms with van der Waals surface area (Å²) in [4.78, 5) is 23.5. The highest BCUT2D eigenvalue weighted by molar-refractivity contribution is 6.33. The van der Waals surface area contributed by atoms with Gasteiger partial charge in [-0.15, -0.1) is 0 Å². The summed E-state index contributed by atoms with van der Waals surface area (Å²) in [5.74, 6) is -0.653. The summed E-state index contributed by atoms with van der Waals surface area (Å²) in [6.45, 7) is 0. The Kier molecular flexibility index (Phi) is 6.78. The minimum atomic E-state index is -0.359. The van der Waals surface area contributed by atoms with Crippen molar-refractivity contribution in [3.8, 4) is 0 Å². The van der Waals surface area contributed by atoms with Gasteiger partial charge in [-0.2, -0.15) is 5.10 Å². The van der Waals surface area contributed by atoms with Crippen LogP contribution in [0.4, 0.5) is 5.69 Å². The van der Waals surface area contributed by atoms with E-state index in [0.29, 0.717) is 15.7 Å². The van der Waals surface area contributed by atoms with Gasteiger partial charge in [0.2, 0.25) is 11.8 Å². The van der Waals surface area contributed by atoms with Gasteiger partial charge in [0.05, 0.1) is 16.9 Å². The normalized spacial score (nSPS) is 10.6. The van der Waals surface area contributed by atoms with Crippen LogP contribution in [0.25, 0.3) is 0 Å². The van der Waals surface area contributed by atoms with E-state index < -0.39 is 0 Å². The van der Waals surface area contributed by atoms with Gasteiger partial charge >= 0.3 is 0 Å². The van der Waals surface area contributed by atoms with Crippen LogP contribution in [0, 0.1) is 0 Å². The highest BCUT2D eigenvalue weighted by Crippen LogP contribution is 2.20. The number of hydrogen-bond donors (Lipinski definition) is 2. The molecule has 2 amide bonds. The van der Waals surface area contributed by atoms with E-state index in [1.165, 1.54) is 6.21 Å². The molecule has 0 aromatic heterocycles. The number of carbonyl (C=O) groups is 2. The van der Waals surface area contributed by atoms with E-state index in [1.807, 2.05) is 0 Å². The first-order valence-corrected chi connectivity index (χ1v) is 7.92. The Bertz CT molecular complexity index is 763. The van der Waals surface area contributed by atoms with Crippen LogP contribution >= 0.6 is 23.2 Å². The van der Waals surface area contributed by atoms with E-state index in [4.69, 9.17) is 23.2 Å². The first-order chi connectivity index (χ1) is 11.5. The maximum Gasteiger partial charge on any atom is 0.240 e. The van der Waals surface area contributed by atoms with Gasteiger partial charge in [-0.3, -0.25) is 9.59 Å². The SMILES string of the molecule is O=C(CCC(=O)Nc1ccccc1Cl)NN=Cc1cccc(Cl)c1. The molecule has 0 radical (unpaired) electrons. The third-order valence-electron chi connectivity index (χ3n) is 2.98. The number of nitrogens with one attached hydrogen (secondary N) is 2. The number of halogens is 2. The van der Waals surface area contributed by atoms with Crippen molar-refractivity contribution in [3.05, 3.63) is 64.1 Å². The molecule has 2 N–H and O–H groups in total. The molecule has 0 bridgehead atoms. The number of carbonyl (C=O) groups excluding carboxylic acids is 2. The molecule has 124 valence electrons. The smallest absolute Gasteiger partial charge is 0.240 e. The van der Waals surface area contributed by atoms with Crippen molar-refractivity contribution < 1.29 is 9.59 Å². The molecule has 0 spiro atoms. The Balaban J connectivity index is 1.75. The maximum atomic E-state index is 11.8. The summed E-state index contributed by atoms with van der Waals surface area (Å²) in [7, 11) is 0. The average molecular weight is 364 g/mol. The van der Waals surface area contributed by atoms with Gasteiger partial charge in [-0.1, -0.05) is 47.5 Å². The van der Waals surface area contributed by atoms with Crippen molar-refractivity contribution >= 4 is 46.9 Å². The minimum Gasteiger partial charge on any atom is -0.325 e. The second-order valence-electron chi connectivity index (χ2n) is 4.88. The molecular weight excluding hydrogens is 349 g/mol. The van der Waals surface area contributed by atoms with Gasteiger partial charge in [0, 0.05) is 17.9 Å². The molecule has 0 atom stereocenters. The lowest BCUT2D eigenvalue weighted by Gasteiger charge is -2.06. The van der Waals surface area contributed by atoms with Gasteiger partial charge in [-0.05, 0) is 29.8 Å². The van der Waals surface area contributed by atoms with Crippen LogP contribution in [0.1, 0.15) is 18.4 Å². The second-order valence-corrected chi connectivity index (χ2v) is 5.72. The van der Waals surface area contributed by atoms with E-state index in [0.717, 1.165) is 5.56 Å². The maximum absolute atomic E-state index is 11.8. The molecule has 0 saturated carbocycles. The van der Waals surface area contributed by atoms with Crippen LogP contribution in [-0.4, -0.2) is 18.0 Å². The lowest BCUT2D eigenvalue weighted by atomic mass is 10.2. The minimum absolute atomic E-state index is 0.0170. The fourth-order valence-electron chi connectivity index (χ4n) is 1.82. The molecule has 0 saturated heterocycles. The van der Waals surface area contributed by atoms with Gasteiger partial charge < -0.3 is 5.32 Å². The number of hydrazone groups is 1. The van der Waals surface area contributed by atoms with Gasteiger partial charge in [-0.25, -0.2) is 5.43 Å². The van der Waals surface area contributed by atoms with Crippen LogP contribution in [0.2, 0.25) is 10.0 Å². The molecule has 0 heterocycles. The average Bonchev–Trinajstić information content (AvgIpc) is 2.55. The Morgan fingerprint density at radius 1 is 1.00 bits per heavy atom. The number of rotatable bonds is 6. The number of nitrogens with zero attached hydrogens (tertiary/aromatic N) is 1. The fraction of sp³-hybridized carbons (Fsp3) is 0.118. The first kappa shape index (κ1) is 18.0. The highest BCUT2D eigenvalue weighted by Gasteiger charge is 2.08. The molecule has 2 aromatic carbocycles. The van der Waals surface area contributed by atoms with E-state index in [-0.39, 0.29) is 24.7 Å². The molecular formula is C17H15Cl2N3O2. The Morgan fingerprint density at radius 2 is 1.75 bits per heavy atom. The largest absolute Gasteiger partial charge is 0.325 e. The lowest BCUT2D eigenvalue weighted by Crippen LogP contribution is -2.20. The summed E-state index contributed by atoms with van der Waals surface area (Å²) >= 11 is 11.8. The number of benzene rings is 2. The number of anilines is 1. The van der Waals surface area contributed by atoms with E-state index >= 15 is 0 Å². The third kappa shape index (κ3) is 6.02. The highest BCUT2D eigenvalue weighted by atomic mass is 35.5. The molecule has 5 nitrogen and oxygen atoms in total. The fourth-order valence-corrected chi connectivity index (χ4v) is 2.21. The summed E-state index contributed by atoms with van der Waals surface area (Å²) in [6.07, 6.45) is 1.53. The molecule has 2 aromatic rings. The van der Waals surface area contributed by atoms with Crippen LogP contribution in [-0.2, 0) is 9.59 Å². The number of hydrogen-bond acceptors (Lipinski definition) is 3. The molecule has 0 aliphatic rings. The van der Waals surface area contributed by atoms with Crippen LogP contribution < -0.4 is 10.7 Å². The summed E-state index contributed by atoms with van der Waals surface area (Å²) in [5, 5.41) is 7.50.